The summed E-state index contributed by atoms with van der Waals surface area (Å²) in [6.07, 6.45) is 0.693. The fraction of sp³-hybridized carbons (Fsp3) is 0.333. The van der Waals surface area contributed by atoms with Gasteiger partial charge in [0.1, 0.15) is 30.4 Å². The molecular weight excluding hydrogens is 440 g/mol. The Morgan fingerprint density at radius 1 is 1.06 bits per heavy atom. The Balaban J connectivity index is 2.11. The molecule has 10 heteroatoms. The molecule has 0 saturated carbocycles. The minimum atomic E-state index is -0.820. The van der Waals surface area contributed by atoms with E-state index in [1.54, 1.807) is 55.5 Å². The average molecular weight is 471 g/mol. The first-order valence-electron chi connectivity index (χ1n) is 10.7. The van der Waals surface area contributed by atoms with Crippen molar-refractivity contribution in [3.05, 3.63) is 48.5 Å². The summed E-state index contributed by atoms with van der Waals surface area (Å²) in [5.74, 6) is 4.86. The van der Waals surface area contributed by atoms with Crippen LogP contribution in [0.2, 0.25) is 0 Å². The second-order valence-electron chi connectivity index (χ2n) is 7.30. The zero-order chi connectivity index (χ0) is 25.1. The van der Waals surface area contributed by atoms with E-state index in [0.717, 1.165) is 5.01 Å². The first kappa shape index (κ1) is 26.3. The van der Waals surface area contributed by atoms with Crippen molar-refractivity contribution in [1.82, 2.24) is 0 Å². The van der Waals surface area contributed by atoms with Crippen LogP contribution >= 0.6 is 0 Å². The van der Waals surface area contributed by atoms with Gasteiger partial charge in [-0.3, -0.25) is 19.8 Å². The number of para-hydroxylation sites is 4. The molecule has 0 saturated heterocycles. The largest absolute Gasteiger partial charge is 0.495 e. The van der Waals surface area contributed by atoms with Crippen LogP contribution in [0.1, 0.15) is 27.2 Å². The zero-order valence-corrected chi connectivity index (χ0v) is 19.7. The van der Waals surface area contributed by atoms with E-state index in [-0.39, 0.29) is 30.8 Å². The number of rotatable bonds is 12. The van der Waals surface area contributed by atoms with E-state index in [4.69, 9.17) is 20.1 Å². The van der Waals surface area contributed by atoms with E-state index in [1.165, 1.54) is 14.0 Å². The molecule has 0 spiro atoms. The average Bonchev–Trinajstić information content (AvgIpc) is 2.85. The number of hydrazone groups is 1. The lowest BCUT2D eigenvalue weighted by Gasteiger charge is -2.19. The van der Waals surface area contributed by atoms with Crippen LogP contribution in [0.15, 0.2) is 53.6 Å². The molecule has 1 atom stereocenters. The van der Waals surface area contributed by atoms with Crippen molar-refractivity contribution in [3.63, 3.8) is 0 Å². The van der Waals surface area contributed by atoms with Gasteiger partial charge in [-0.1, -0.05) is 38.1 Å². The van der Waals surface area contributed by atoms with Crippen molar-refractivity contribution in [2.45, 2.75) is 27.2 Å². The molecule has 2 aromatic rings. The summed E-state index contributed by atoms with van der Waals surface area (Å²) >= 11 is 0. The molecule has 0 bridgehead atoms. The number of methoxy groups -OCH3 is 1. The first-order chi connectivity index (χ1) is 16.3. The quantitative estimate of drug-likeness (QED) is 0.0920. The highest BCUT2D eigenvalue weighted by atomic mass is 16.6. The normalized spacial score (nSPS) is 11.9. The summed E-state index contributed by atoms with van der Waals surface area (Å²) in [4.78, 5) is 36.8. The molecule has 0 unspecified atom stereocenters. The van der Waals surface area contributed by atoms with Gasteiger partial charge < -0.3 is 14.2 Å². The van der Waals surface area contributed by atoms with E-state index >= 15 is 0 Å². The summed E-state index contributed by atoms with van der Waals surface area (Å²) in [6, 6.07) is 13.4. The molecular formula is C24H30N4O6. The molecule has 0 aliphatic rings. The molecule has 0 fully saturated rings. The predicted molar refractivity (Wildman–Crippen MR) is 129 cm³/mol. The van der Waals surface area contributed by atoms with Crippen LogP contribution in [0.25, 0.3) is 0 Å². The maximum atomic E-state index is 12.9. The fourth-order valence-corrected chi connectivity index (χ4v) is 2.73. The van der Waals surface area contributed by atoms with Crippen LogP contribution in [0, 0.1) is 5.92 Å². The van der Waals surface area contributed by atoms with Gasteiger partial charge in [-0.2, -0.15) is 5.10 Å². The van der Waals surface area contributed by atoms with E-state index in [0.29, 0.717) is 23.6 Å². The molecule has 0 radical (unpaired) electrons. The summed E-state index contributed by atoms with van der Waals surface area (Å²) in [7, 11) is 1.45. The van der Waals surface area contributed by atoms with Gasteiger partial charge >= 0.3 is 5.97 Å². The Labute approximate surface area is 198 Å². The molecule has 2 aromatic carbocycles. The molecule has 3 N–H and O–H groups in total. The minimum Gasteiger partial charge on any atom is -0.495 e. The van der Waals surface area contributed by atoms with Crippen LogP contribution in [0.3, 0.4) is 0 Å². The van der Waals surface area contributed by atoms with Crippen molar-refractivity contribution in [2.75, 3.05) is 30.8 Å². The number of carbonyl (C=O) groups excluding carboxylic acids is 3. The number of Topliss-reactive ketones (excluding diaryl/α,β-unsaturated/α-hetero) is 1. The smallest absolute Gasteiger partial charge is 0.308 e. The number of hydrazine groups is 1. The number of nitrogens with one attached hydrogen (secondary N) is 1. The number of esters is 1. The van der Waals surface area contributed by atoms with Gasteiger partial charge in [0.25, 0.3) is 5.91 Å². The number of hydrogen-bond acceptors (Lipinski definition) is 9. The SMILES string of the molecule is CC[C@H](C)C(=O)OCCOc1ccccc1N/N=C(/C(C)=O)C(=O)N(N)c1ccccc1OC. The van der Waals surface area contributed by atoms with Gasteiger partial charge in [-0.25, -0.2) is 10.9 Å². The third kappa shape index (κ3) is 7.04. The first-order valence-corrected chi connectivity index (χ1v) is 10.7. The summed E-state index contributed by atoms with van der Waals surface area (Å²) in [5.41, 5.74) is 2.96. The molecule has 34 heavy (non-hydrogen) atoms. The number of benzene rings is 2. The van der Waals surface area contributed by atoms with Crippen molar-refractivity contribution < 1.29 is 28.6 Å². The standard InChI is InChI=1S/C24H30N4O6/c1-5-16(2)24(31)34-15-14-33-20-12-8-6-10-18(20)26-27-22(17(3)29)23(30)28(25)19-11-7-9-13-21(19)32-4/h6-13,16,26H,5,14-15,25H2,1-4H3/b27-22-/t16-/m0/s1. The number of carbonyl (C=O) groups is 3. The number of nitrogens with two attached hydrogens (primary N) is 1. The van der Waals surface area contributed by atoms with E-state index in [1.807, 2.05) is 6.92 Å². The van der Waals surface area contributed by atoms with Crippen molar-refractivity contribution in [2.24, 2.45) is 16.9 Å². The topological polar surface area (TPSA) is 133 Å². The lowest BCUT2D eigenvalue weighted by molar-refractivity contribution is -0.148. The molecule has 0 aliphatic heterocycles. The Morgan fingerprint density at radius 3 is 2.35 bits per heavy atom. The van der Waals surface area contributed by atoms with E-state index in [9.17, 15) is 14.4 Å². The number of nitrogens with zero attached hydrogens (tertiary/aromatic N) is 2. The van der Waals surface area contributed by atoms with Gasteiger partial charge in [0.2, 0.25) is 0 Å². The van der Waals surface area contributed by atoms with Gasteiger partial charge in [-0.05, 0) is 30.7 Å². The molecule has 10 nitrogen and oxygen atoms in total. The second kappa shape index (κ2) is 12.9. The minimum absolute atomic E-state index is 0.0823. The Morgan fingerprint density at radius 2 is 1.71 bits per heavy atom. The predicted octanol–water partition coefficient (Wildman–Crippen LogP) is 2.93. The monoisotopic (exact) mass is 470 g/mol. The third-order valence-electron chi connectivity index (χ3n) is 4.87. The molecule has 2 rings (SSSR count). The Hall–Kier alpha value is -3.92. The van der Waals surface area contributed by atoms with E-state index in [2.05, 4.69) is 10.5 Å². The molecule has 0 aliphatic carbocycles. The van der Waals surface area contributed by atoms with Crippen LogP contribution in [-0.2, 0) is 19.1 Å². The van der Waals surface area contributed by atoms with Gasteiger partial charge in [0, 0.05) is 6.92 Å². The van der Waals surface area contributed by atoms with Crippen molar-refractivity contribution in [3.8, 4) is 11.5 Å². The van der Waals surface area contributed by atoms with Gasteiger partial charge in [0.05, 0.1) is 18.7 Å². The number of anilines is 2. The number of ketones is 1. The molecule has 1 amide bonds. The maximum Gasteiger partial charge on any atom is 0.308 e. The van der Waals surface area contributed by atoms with Crippen molar-refractivity contribution >= 4 is 34.7 Å². The van der Waals surface area contributed by atoms with Crippen LogP contribution in [0.5, 0.6) is 11.5 Å². The fourth-order valence-electron chi connectivity index (χ4n) is 2.73. The Kier molecular flexibility index (Phi) is 10.0. The van der Waals surface area contributed by atoms with Crippen molar-refractivity contribution in [1.29, 1.82) is 0 Å². The highest BCUT2D eigenvalue weighted by Crippen LogP contribution is 2.26. The van der Waals surface area contributed by atoms with Crippen LogP contribution in [-0.4, -0.2) is 43.7 Å². The molecule has 0 aromatic heterocycles. The van der Waals surface area contributed by atoms with Gasteiger partial charge in [0.15, 0.2) is 11.5 Å². The summed E-state index contributed by atoms with van der Waals surface area (Å²) in [6.45, 7) is 5.12. The highest BCUT2D eigenvalue weighted by molar-refractivity contribution is 6.67. The number of hydrogen-bond donors (Lipinski definition) is 2. The third-order valence-corrected chi connectivity index (χ3v) is 4.87. The second-order valence-corrected chi connectivity index (χ2v) is 7.30. The molecule has 182 valence electrons. The number of ether oxygens (including phenoxy) is 3. The van der Waals surface area contributed by atoms with E-state index < -0.39 is 17.4 Å². The van der Waals surface area contributed by atoms with Crippen LogP contribution in [0.4, 0.5) is 11.4 Å². The lowest BCUT2D eigenvalue weighted by Crippen LogP contribution is -2.44. The zero-order valence-electron chi connectivity index (χ0n) is 19.7. The molecule has 0 heterocycles. The number of amides is 1. The maximum absolute atomic E-state index is 12.9. The highest BCUT2D eigenvalue weighted by Gasteiger charge is 2.25. The summed E-state index contributed by atoms with van der Waals surface area (Å²) in [5, 5.41) is 4.79. The lowest BCUT2D eigenvalue weighted by atomic mass is 10.1. The Bertz CT molecular complexity index is 1040. The van der Waals surface area contributed by atoms with Gasteiger partial charge in [-0.15, -0.1) is 0 Å². The summed E-state index contributed by atoms with van der Waals surface area (Å²) < 4.78 is 16.1. The van der Waals surface area contributed by atoms with Crippen LogP contribution < -0.4 is 25.8 Å².